The first-order valence-corrected chi connectivity index (χ1v) is 9.77. The topological polar surface area (TPSA) is 65.0 Å². The third-order valence-electron chi connectivity index (χ3n) is 5.42. The zero-order chi connectivity index (χ0) is 17.4. The number of ether oxygens (including phenoxy) is 3. The summed E-state index contributed by atoms with van der Waals surface area (Å²) in [6.45, 7) is 5.01. The van der Waals surface area contributed by atoms with Crippen molar-refractivity contribution in [3.05, 3.63) is 0 Å². The van der Waals surface area contributed by atoms with E-state index >= 15 is 0 Å². The molecule has 1 saturated heterocycles. The van der Waals surface area contributed by atoms with Gasteiger partial charge in [0.1, 0.15) is 5.41 Å². The average Bonchev–Trinajstić information content (AvgIpc) is 2.98. The Morgan fingerprint density at radius 2 is 2.08 bits per heavy atom. The first-order chi connectivity index (χ1) is 11.6. The van der Waals surface area contributed by atoms with E-state index in [2.05, 4.69) is 6.92 Å². The second-order valence-corrected chi connectivity index (χ2v) is 7.09. The zero-order valence-corrected chi connectivity index (χ0v) is 15.3. The average molecular weight is 342 g/mol. The molecule has 5 nitrogen and oxygen atoms in total. The molecule has 4 atom stereocenters. The maximum absolute atomic E-state index is 12.8. The van der Waals surface area contributed by atoms with Gasteiger partial charge in [-0.25, -0.2) is 0 Å². The number of esters is 1. The zero-order valence-electron chi connectivity index (χ0n) is 15.3. The number of carbonyl (C=O) groups excluding carboxylic acids is 1. The molecule has 1 aliphatic carbocycles. The molecule has 0 spiro atoms. The molecule has 0 aromatic rings. The van der Waals surface area contributed by atoms with Crippen molar-refractivity contribution in [3.8, 4) is 0 Å². The molecule has 1 heterocycles. The van der Waals surface area contributed by atoms with Crippen LogP contribution in [0.3, 0.4) is 0 Å². The summed E-state index contributed by atoms with van der Waals surface area (Å²) in [6.07, 6.45) is 7.80. The molecule has 0 aromatic carbocycles. The number of hydrogen-bond donors (Lipinski definition) is 1. The van der Waals surface area contributed by atoms with Crippen LogP contribution in [-0.4, -0.2) is 42.8 Å². The Morgan fingerprint density at radius 3 is 2.67 bits per heavy atom. The summed E-state index contributed by atoms with van der Waals surface area (Å²) in [5, 5.41) is 10.7. The highest BCUT2D eigenvalue weighted by molar-refractivity contribution is 5.79. The van der Waals surface area contributed by atoms with Crippen molar-refractivity contribution in [3.63, 3.8) is 0 Å². The van der Waals surface area contributed by atoms with Gasteiger partial charge < -0.3 is 19.3 Å². The van der Waals surface area contributed by atoms with E-state index in [9.17, 15) is 9.90 Å². The lowest BCUT2D eigenvalue weighted by atomic mass is 9.76. The maximum atomic E-state index is 12.8. The van der Waals surface area contributed by atoms with E-state index in [4.69, 9.17) is 14.2 Å². The van der Waals surface area contributed by atoms with E-state index in [1.54, 1.807) is 0 Å². The molecule has 1 aliphatic heterocycles. The van der Waals surface area contributed by atoms with Crippen LogP contribution in [0.25, 0.3) is 0 Å². The third-order valence-corrected chi connectivity index (χ3v) is 5.42. The summed E-state index contributed by atoms with van der Waals surface area (Å²) < 4.78 is 17.4. The molecular formula is C19H34O5. The fourth-order valence-corrected chi connectivity index (χ4v) is 4.05. The summed E-state index contributed by atoms with van der Waals surface area (Å²) in [6, 6.07) is 0. The summed E-state index contributed by atoms with van der Waals surface area (Å²) in [4.78, 5) is 12.8. The smallest absolute Gasteiger partial charge is 0.317 e. The van der Waals surface area contributed by atoms with Crippen molar-refractivity contribution >= 4 is 5.97 Å². The van der Waals surface area contributed by atoms with Gasteiger partial charge in [0.25, 0.3) is 0 Å². The molecule has 2 rings (SSSR count). The molecule has 1 saturated carbocycles. The van der Waals surface area contributed by atoms with E-state index in [-0.39, 0.29) is 18.4 Å². The van der Waals surface area contributed by atoms with E-state index < -0.39 is 11.5 Å². The SMILES string of the molecule is CCCCCC(OC1CCCCO1)C1(C(=O)OCC)CCCC1O. The highest BCUT2D eigenvalue weighted by atomic mass is 16.7. The van der Waals surface area contributed by atoms with Crippen LogP contribution in [0.4, 0.5) is 0 Å². The monoisotopic (exact) mass is 342 g/mol. The molecule has 0 aromatic heterocycles. The van der Waals surface area contributed by atoms with Gasteiger partial charge in [-0.2, -0.15) is 0 Å². The lowest BCUT2D eigenvalue weighted by Crippen LogP contribution is -2.51. The van der Waals surface area contributed by atoms with Crippen LogP contribution in [0.2, 0.25) is 0 Å². The molecule has 2 fully saturated rings. The Hall–Kier alpha value is -0.650. The van der Waals surface area contributed by atoms with Crippen molar-refractivity contribution < 1.29 is 24.1 Å². The van der Waals surface area contributed by atoms with Crippen LogP contribution < -0.4 is 0 Å². The van der Waals surface area contributed by atoms with Crippen molar-refractivity contribution in [2.24, 2.45) is 5.41 Å². The van der Waals surface area contributed by atoms with Gasteiger partial charge in [0, 0.05) is 6.61 Å². The molecule has 140 valence electrons. The summed E-state index contributed by atoms with van der Waals surface area (Å²) >= 11 is 0. The number of hydrogen-bond acceptors (Lipinski definition) is 5. The van der Waals surface area contributed by atoms with E-state index in [1.807, 2.05) is 6.92 Å². The molecule has 0 bridgehead atoms. The predicted octanol–water partition coefficient (Wildman–Crippen LogP) is 3.57. The predicted molar refractivity (Wildman–Crippen MR) is 91.5 cm³/mol. The van der Waals surface area contributed by atoms with Gasteiger partial charge in [0.2, 0.25) is 0 Å². The Bertz CT molecular complexity index is 380. The number of aliphatic hydroxyl groups is 1. The second-order valence-electron chi connectivity index (χ2n) is 7.09. The Morgan fingerprint density at radius 1 is 1.25 bits per heavy atom. The summed E-state index contributed by atoms with van der Waals surface area (Å²) in [5.41, 5.74) is -0.926. The highest BCUT2D eigenvalue weighted by Gasteiger charge is 2.56. The number of aliphatic hydroxyl groups excluding tert-OH is 1. The number of unbranched alkanes of at least 4 members (excludes halogenated alkanes) is 2. The van der Waals surface area contributed by atoms with Gasteiger partial charge in [-0.05, 0) is 51.9 Å². The molecular weight excluding hydrogens is 308 g/mol. The molecule has 0 radical (unpaired) electrons. The number of rotatable bonds is 9. The first-order valence-electron chi connectivity index (χ1n) is 9.77. The minimum absolute atomic E-state index is 0.260. The molecule has 5 heteroatoms. The molecule has 2 aliphatic rings. The minimum atomic E-state index is -0.926. The fraction of sp³-hybridized carbons (Fsp3) is 0.947. The van der Waals surface area contributed by atoms with Crippen molar-refractivity contribution in [2.75, 3.05) is 13.2 Å². The van der Waals surface area contributed by atoms with Gasteiger partial charge in [0.15, 0.2) is 6.29 Å². The van der Waals surface area contributed by atoms with Gasteiger partial charge in [0.05, 0.1) is 18.8 Å². The fourth-order valence-electron chi connectivity index (χ4n) is 4.05. The van der Waals surface area contributed by atoms with Crippen LogP contribution in [0.15, 0.2) is 0 Å². The lowest BCUT2D eigenvalue weighted by molar-refractivity contribution is -0.229. The highest BCUT2D eigenvalue weighted by Crippen LogP contribution is 2.46. The first kappa shape index (κ1) is 19.7. The quantitative estimate of drug-likeness (QED) is 0.512. The number of carbonyl (C=O) groups is 1. The van der Waals surface area contributed by atoms with E-state index in [0.717, 1.165) is 51.4 Å². The maximum Gasteiger partial charge on any atom is 0.317 e. The Kier molecular flexibility index (Phi) is 7.98. The minimum Gasteiger partial charge on any atom is -0.465 e. The van der Waals surface area contributed by atoms with Crippen molar-refractivity contribution in [1.29, 1.82) is 0 Å². The lowest BCUT2D eigenvalue weighted by Gasteiger charge is -2.40. The van der Waals surface area contributed by atoms with Gasteiger partial charge in [-0.3, -0.25) is 4.79 Å². The summed E-state index contributed by atoms with van der Waals surface area (Å²) in [7, 11) is 0. The van der Waals surface area contributed by atoms with Gasteiger partial charge in [-0.1, -0.05) is 26.2 Å². The Labute approximate surface area is 146 Å². The second kappa shape index (κ2) is 9.73. The Balaban J connectivity index is 2.17. The normalized spacial score (nSPS) is 31.8. The molecule has 0 amide bonds. The van der Waals surface area contributed by atoms with Crippen LogP contribution in [-0.2, 0) is 19.0 Å². The third kappa shape index (κ3) is 4.50. The standard InChI is InChI=1S/C19H34O5/c1-3-5-6-11-16(24-17-12-7-8-14-23-17)19(18(21)22-4-2)13-9-10-15(19)20/h15-17,20H,3-14H2,1-2H3. The van der Waals surface area contributed by atoms with Crippen LogP contribution in [0.5, 0.6) is 0 Å². The van der Waals surface area contributed by atoms with Crippen LogP contribution in [0.1, 0.15) is 78.1 Å². The molecule has 4 unspecified atom stereocenters. The van der Waals surface area contributed by atoms with Gasteiger partial charge >= 0.3 is 5.97 Å². The van der Waals surface area contributed by atoms with Crippen molar-refractivity contribution in [1.82, 2.24) is 0 Å². The van der Waals surface area contributed by atoms with Crippen molar-refractivity contribution in [2.45, 2.75) is 96.6 Å². The van der Waals surface area contributed by atoms with E-state index in [0.29, 0.717) is 26.1 Å². The molecule has 24 heavy (non-hydrogen) atoms. The summed E-state index contributed by atoms with van der Waals surface area (Å²) in [5.74, 6) is -0.299. The largest absolute Gasteiger partial charge is 0.465 e. The van der Waals surface area contributed by atoms with Crippen LogP contribution >= 0.6 is 0 Å². The van der Waals surface area contributed by atoms with E-state index in [1.165, 1.54) is 0 Å². The molecule has 1 N–H and O–H groups in total. The van der Waals surface area contributed by atoms with Crippen LogP contribution in [0, 0.1) is 5.41 Å². The van der Waals surface area contributed by atoms with Gasteiger partial charge in [-0.15, -0.1) is 0 Å².